The summed E-state index contributed by atoms with van der Waals surface area (Å²) in [6.45, 7) is 3.70. The van der Waals surface area contributed by atoms with Crippen LogP contribution in [-0.4, -0.2) is 14.9 Å². The van der Waals surface area contributed by atoms with E-state index in [9.17, 15) is 23.3 Å². The highest BCUT2D eigenvalue weighted by Crippen LogP contribution is 2.35. The van der Waals surface area contributed by atoms with E-state index in [1.807, 2.05) is 26.0 Å². The minimum atomic E-state index is -4.54. The van der Waals surface area contributed by atoms with Gasteiger partial charge in [0.2, 0.25) is 11.6 Å². The molecule has 0 aliphatic carbocycles. The number of hydrogen-bond donors (Lipinski definition) is 2. The number of nitrogens with one attached hydrogen (secondary N) is 2. The second-order valence-corrected chi connectivity index (χ2v) is 6.32. The summed E-state index contributed by atoms with van der Waals surface area (Å²) in [5.41, 5.74) is 1.06. The molecule has 2 aromatic carbocycles. The van der Waals surface area contributed by atoms with Gasteiger partial charge in [0.05, 0.1) is 10.5 Å². The number of rotatable bonds is 5. The van der Waals surface area contributed by atoms with Gasteiger partial charge in [-0.15, -0.1) is 0 Å². The monoisotopic (exact) mass is 403 g/mol. The molecule has 1 aromatic heterocycles. The van der Waals surface area contributed by atoms with Gasteiger partial charge in [-0.25, -0.2) is 9.97 Å². The molecular weight excluding hydrogens is 387 g/mol. The molecule has 0 unspecified atom stereocenters. The Hall–Kier alpha value is -3.69. The predicted molar refractivity (Wildman–Crippen MR) is 103 cm³/mol. The zero-order valence-electron chi connectivity index (χ0n) is 15.4. The number of aryl methyl sites for hydroxylation is 2. The third-order valence-electron chi connectivity index (χ3n) is 4.10. The summed E-state index contributed by atoms with van der Waals surface area (Å²) in [6, 6.07) is 9.88. The van der Waals surface area contributed by atoms with E-state index < -0.39 is 22.4 Å². The zero-order valence-corrected chi connectivity index (χ0v) is 15.4. The lowest BCUT2D eigenvalue weighted by atomic mass is 10.1. The van der Waals surface area contributed by atoms with Crippen LogP contribution in [0.2, 0.25) is 0 Å². The van der Waals surface area contributed by atoms with Crippen LogP contribution >= 0.6 is 0 Å². The Morgan fingerprint density at radius 1 is 1.00 bits per heavy atom. The second kappa shape index (κ2) is 7.74. The molecule has 0 amide bonds. The van der Waals surface area contributed by atoms with Crippen LogP contribution in [0.25, 0.3) is 0 Å². The molecule has 0 saturated carbocycles. The lowest BCUT2D eigenvalue weighted by Gasteiger charge is -2.13. The fraction of sp³-hybridized carbons (Fsp3) is 0.158. The summed E-state index contributed by atoms with van der Waals surface area (Å²) in [5.74, 6) is -0.301. The summed E-state index contributed by atoms with van der Waals surface area (Å²) >= 11 is 0. The van der Waals surface area contributed by atoms with Gasteiger partial charge in [-0.1, -0.05) is 18.2 Å². The largest absolute Gasteiger partial charge is 0.416 e. The predicted octanol–water partition coefficient (Wildman–Crippen LogP) is 5.51. The van der Waals surface area contributed by atoms with E-state index in [4.69, 9.17) is 0 Å². The van der Waals surface area contributed by atoms with Crippen LogP contribution in [-0.2, 0) is 6.18 Å². The zero-order chi connectivity index (χ0) is 21.2. The first-order valence-electron chi connectivity index (χ1n) is 8.43. The van der Waals surface area contributed by atoms with E-state index in [2.05, 4.69) is 20.6 Å². The quantitative estimate of drug-likeness (QED) is 0.431. The highest BCUT2D eigenvalue weighted by atomic mass is 19.4. The van der Waals surface area contributed by atoms with Crippen LogP contribution < -0.4 is 10.6 Å². The van der Waals surface area contributed by atoms with Crippen molar-refractivity contribution in [3.05, 3.63) is 75.6 Å². The first-order valence-corrected chi connectivity index (χ1v) is 8.43. The maximum atomic E-state index is 12.9. The Bertz CT molecular complexity index is 1070. The van der Waals surface area contributed by atoms with Crippen molar-refractivity contribution in [1.82, 2.24) is 9.97 Å². The summed E-state index contributed by atoms with van der Waals surface area (Å²) in [7, 11) is 0. The lowest BCUT2D eigenvalue weighted by Crippen LogP contribution is -2.08. The van der Waals surface area contributed by atoms with E-state index in [1.54, 1.807) is 6.07 Å². The molecule has 0 aliphatic heterocycles. The molecule has 10 heteroatoms. The van der Waals surface area contributed by atoms with Crippen LogP contribution in [0.4, 0.5) is 41.9 Å². The van der Waals surface area contributed by atoms with E-state index in [1.165, 1.54) is 12.1 Å². The number of alkyl halides is 3. The molecule has 0 saturated heterocycles. The van der Waals surface area contributed by atoms with Crippen LogP contribution in [0.5, 0.6) is 0 Å². The van der Waals surface area contributed by atoms with Crippen molar-refractivity contribution in [3.8, 4) is 0 Å². The average molecular weight is 403 g/mol. The van der Waals surface area contributed by atoms with Crippen LogP contribution in [0.1, 0.15) is 16.7 Å². The summed E-state index contributed by atoms with van der Waals surface area (Å²) in [5, 5.41) is 17.2. The Kier molecular flexibility index (Phi) is 5.35. The molecule has 2 N–H and O–H groups in total. The van der Waals surface area contributed by atoms with Crippen molar-refractivity contribution in [3.63, 3.8) is 0 Å². The molecule has 0 radical (unpaired) electrons. The lowest BCUT2D eigenvalue weighted by molar-refractivity contribution is -0.383. The van der Waals surface area contributed by atoms with Gasteiger partial charge in [-0.2, -0.15) is 13.2 Å². The number of hydrogen-bond acceptors (Lipinski definition) is 6. The van der Waals surface area contributed by atoms with E-state index in [-0.39, 0.29) is 17.3 Å². The Morgan fingerprint density at radius 2 is 1.69 bits per heavy atom. The molecule has 0 fully saturated rings. The Balaban J connectivity index is 2.00. The fourth-order valence-corrected chi connectivity index (χ4v) is 2.64. The maximum Gasteiger partial charge on any atom is 0.416 e. The van der Waals surface area contributed by atoms with Crippen molar-refractivity contribution < 1.29 is 18.1 Å². The minimum absolute atomic E-state index is 0.0133. The smallest absolute Gasteiger partial charge is 0.334 e. The molecule has 0 spiro atoms. The molecule has 29 heavy (non-hydrogen) atoms. The summed E-state index contributed by atoms with van der Waals surface area (Å²) in [6.07, 6.45) is -3.44. The number of anilines is 4. The normalized spacial score (nSPS) is 11.2. The van der Waals surface area contributed by atoms with Crippen molar-refractivity contribution in [2.45, 2.75) is 20.0 Å². The van der Waals surface area contributed by atoms with Gasteiger partial charge < -0.3 is 10.6 Å². The van der Waals surface area contributed by atoms with Gasteiger partial charge in [-0.3, -0.25) is 10.1 Å². The van der Waals surface area contributed by atoms with Gasteiger partial charge in [0.1, 0.15) is 6.33 Å². The molecule has 0 aliphatic rings. The molecular formula is C19H16F3N5O2. The Morgan fingerprint density at radius 3 is 2.34 bits per heavy atom. The van der Waals surface area contributed by atoms with Gasteiger partial charge in [0, 0.05) is 11.4 Å². The number of nitrogens with zero attached hydrogens (tertiary/aromatic N) is 3. The molecule has 150 valence electrons. The summed E-state index contributed by atoms with van der Waals surface area (Å²) in [4.78, 5) is 18.8. The molecule has 0 atom stereocenters. The van der Waals surface area contributed by atoms with Crippen LogP contribution in [0.15, 0.2) is 48.8 Å². The molecule has 3 aromatic rings. The van der Waals surface area contributed by atoms with Crippen LogP contribution in [0, 0.1) is 24.0 Å². The first-order chi connectivity index (χ1) is 13.6. The van der Waals surface area contributed by atoms with Crippen molar-refractivity contribution in [2.24, 2.45) is 0 Å². The number of aromatic nitrogens is 2. The van der Waals surface area contributed by atoms with Crippen LogP contribution in [0.3, 0.4) is 0 Å². The number of benzene rings is 2. The van der Waals surface area contributed by atoms with E-state index >= 15 is 0 Å². The van der Waals surface area contributed by atoms with Crippen molar-refractivity contribution in [1.29, 1.82) is 0 Å². The third kappa shape index (κ3) is 4.60. The highest BCUT2D eigenvalue weighted by molar-refractivity contribution is 5.77. The second-order valence-electron chi connectivity index (χ2n) is 6.32. The minimum Gasteiger partial charge on any atom is -0.334 e. The van der Waals surface area contributed by atoms with Gasteiger partial charge in [0.15, 0.2) is 0 Å². The number of nitro groups is 1. The SMILES string of the molecule is Cc1ccc(C)c(Nc2ncnc(Nc3cccc(C(F)(F)F)c3)c2[N+](=O)[O-])c1. The fourth-order valence-electron chi connectivity index (χ4n) is 2.64. The van der Waals surface area contributed by atoms with Gasteiger partial charge in [-0.05, 0) is 49.2 Å². The van der Waals surface area contributed by atoms with E-state index in [0.717, 1.165) is 29.6 Å². The molecule has 1 heterocycles. The molecule has 3 rings (SSSR count). The van der Waals surface area contributed by atoms with Crippen molar-refractivity contribution >= 4 is 28.7 Å². The van der Waals surface area contributed by atoms with E-state index in [0.29, 0.717) is 5.69 Å². The standard InChI is InChI=1S/C19H16F3N5O2/c1-11-6-7-12(2)15(8-11)26-18-16(27(28)29)17(23-10-24-18)25-14-5-3-4-13(9-14)19(20,21)22/h3-10H,1-2H3,(H2,23,24,25,26). The molecule has 7 nitrogen and oxygen atoms in total. The molecule has 0 bridgehead atoms. The first kappa shape index (κ1) is 20.1. The number of halogens is 3. The third-order valence-corrected chi connectivity index (χ3v) is 4.10. The topological polar surface area (TPSA) is 93.0 Å². The average Bonchev–Trinajstić information content (AvgIpc) is 2.64. The summed E-state index contributed by atoms with van der Waals surface area (Å²) < 4.78 is 38.8. The maximum absolute atomic E-state index is 12.9. The van der Waals surface area contributed by atoms with Gasteiger partial charge >= 0.3 is 11.9 Å². The Labute approximate surface area is 163 Å². The van der Waals surface area contributed by atoms with Crippen molar-refractivity contribution in [2.75, 3.05) is 10.6 Å². The van der Waals surface area contributed by atoms with Gasteiger partial charge in [0.25, 0.3) is 0 Å². The highest BCUT2D eigenvalue weighted by Gasteiger charge is 2.31.